The minimum Gasteiger partial charge on any atom is -0.496 e. The molecule has 0 saturated carbocycles. The van der Waals surface area contributed by atoms with Gasteiger partial charge in [-0.3, -0.25) is 19.3 Å². The first-order valence-electron chi connectivity index (χ1n) is 14.3. The van der Waals surface area contributed by atoms with Gasteiger partial charge >= 0.3 is 5.97 Å². The zero-order chi connectivity index (χ0) is 30.0. The number of para-hydroxylation sites is 1. The fourth-order valence-electron chi connectivity index (χ4n) is 4.66. The number of amides is 2. The molecule has 0 bridgehead atoms. The van der Waals surface area contributed by atoms with Gasteiger partial charge in [0.05, 0.1) is 26.1 Å². The maximum Gasteiger partial charge on any atom is 0.325 e. The van der Waals surface area contributed by atoms with E-state index in [1.807, 2.05) is 45.8 Å². The van der Waals surface area contributed by atoms with Crippen molar-refractivity contribution >= 4 is 29.5 Å². The summed E-state index contributed by atoms with van der Waals surface area (Å²) < 4.78 is 10.6. The van der Waals surface area contributed by atoms with Crippen molar-refractivity contribution in [3.05, 3.63) is 48.0 Å². The molecule has 3 rings (SSSR count). The second-order valence-corrected chi connectivity index (χ2v) is 11.2. The van der Waals surface area contributed by atoms with Crippen LogP contribution in [0.25, 0.3) is 0 Å². The standard InChI is InChI=1S/C26H37N5O5.C4H10S/c1-19(2)36-26(34)14-28-24(32)17-30(15-20-7-4-5-9-23(20)35-3)16-22-8-6-12-31(22)25(33)11-10-21-13-27-18-29-21;1-3-4-5-2/h4-5,7,9,13,18-19,22H,6,8,10-12,14-17H2,1-3H3,(H,27,29)(H,28,32);3-4H2,1-2H3. The van der Waals surface area contributed by atoms with E-state index in [0.717, 1.165) is 29.8 Å². The number of methoxy groups -OCH3 is 1. The number of aryl methyl sites for hydroxylation is 1. The summed E-state index contributed by atoms with van der Waals surface area (Å²) in [6.07, 6.45) is 9.36. The lowest BCUT2D eigenvalue weighted by molar-refractivity contribution is -0.147. The molecule has 1 saturated heterocycles. The van der Waals surface area contributed by atoms with E-state index < -0.39 is 5.97 Å². The summed E-state index contributed by atoms with van der Waals surface area (Å²) in [5.74, 6) is 1.40. The van der Waals surface area contributed by atoms with Gasteiger partial charge in [0.1, 0.15) is 12.3 Å². The van der Waals surface area contributed by atoms with Crippen LogP contribution in [-0.4, -0.2) is 95.0 Å². The van der Waals surface area contributed by atoms with Gasteiger partial charge in [-0.05, 0) is 57.6 Å². The number of imidazole rings is 1. The number of thioether (sulfide) groups is 1. The highest BCUT2D eigenvalue weighted by atomic mass is 32.2. The number of rotatable bonds is 15. The van der Waals surface area contributed by atoms with Crippen LogP contribution in [0.15, 0.2) is 36.8 Å². The minimum atomic E-state index is -0.473. The van der Waals surface area contributed by atoms with Gasteiger partial charge < -0.3 is 24.7 Å². The number of hydrogen-bond acceptors (Lipinski definition) is 8. The minimum absolute atomic E-state index is 0.00711. The topological polar surface area (TPSA) is 117 Å². The van der Waals surface area contributed by atoms with Gasteiger partial charge in [0.2, 0.25) is 11.8 Å². The van der Waals surface area contributed by atoms with Crippen LogP contribution in [-0.2, 0) is 32.1 Å². The Hall–Kier alpha value is -3.05. The highest BCUT2D eigenvalue weighted by Crippen LogP contribution is 2.23. The number of aromatic amines is 1. The molecule has 1 aliphatic rings. The van der Waals surface area contributed by atoms with E-state index in [0.29, 0.717) is 32.5 Å². The Morgan fingerprint density at radius 2 is 2.05 bits per heavy atom. The number of benzene rings is 1. The number of likely N-dealkylation sites (tertiary alicyclic amines) is 1. The van der Waals surface area contributed by atoms with Crippen LogP contribution in [0, 0.1) is 0 Å². The molecule has 1 aromatic heterocycles. The zero-order valence-corrected chi connectivity index (χ0v) is 26.0. The van der Waals surface area contributed by atoms with Crippen molar-refractivity contribution in [2.75, 3.05) is 45.3 Å². The second-order valence-electron chi connectivity index (χ2n) is 10.2. The normalized spacial score (nSPS) is 14.5. The fraction of sp³-hybridized carbons (Fsp3) is 0.600. The number of aromatic nitrogens is 2. The molecule has 1 atom stereocenters. The fourth-order valence-corrected chi connectivity index (χ4v) is 5.06. The molecule has 2 amide bonds. The first-order valence-corrected chi connectivity index (χ1v) is 15.7. The lowest BCUT2D eigenvalue weighted by Gasteiger charge is -2.31. The van der Waals surface area contributed by atoms with Crippen LogP contribution in [0.2, 0.25) is 0 Å². The molecular weight excluding hydrogens is 542 g/mol. The third kappa shape index (κ3) is 13.0. The zero-order valence-electron chi connectivity index (χ0n) is 25.2. The smallest absolute Gasteiger partial charge is 0.325 e. The third-order valence-corrected chi connectivity index (χ3v) is 7.30. The highest BCUT2D eigenvalue weighted by Gasteiger charge is 2.30. The van der Waals surface area contributed by atoms with Crippen molar-refractivity contribution in [1.82, 2.24) is 25.1 Å². The molecular formula is C30H47N5O5S. The summed E-state index contributed by atoms with van der Waals surface area (Å²) in [6, 6.07) is 7.69. The first-order chi connectivity index (χ1) is 19.8. The van der Waals surface area contributed by atoms with Gasteiger partial charge in [0, 0.05) is 49.6 Å². The summed E-state index contributed by atoms with van der Waals surface area (Å²) in [7, 11) is 1.62. The summed E-state index contributed by atoms with van der Waals surface area (Å²) in [4.78, 5) is 48.6. The van der Waals surface area contributed by atoms with E-state index in [2.05, 4.69) is 28.5 Å². The molecule has 2 heterocycles. The molecule has 1 aromatic carbocycles. The van der Waals surface area contributed by atoms with E-state index in [1.54, 1.807) is 33.5 Å². The lowest BCUT2D eigenvalue weighted by Crippen LogP contribution is -2.46. The molecule has 0 aliphatic carbocycles. The largest absolute Gasteiger partial charge is 0.496 e. The number of carbonyl (C=O) groups excluding carboxylic acids is 3. The predicted octanol–water partition coefficient (Wildman–Crippen LogP) is 3.67. The van der Waals surface area contributed by atoms with Crippen molar-refractivity contribution in [3.63, 3.8) is 0 Å². The van der Waals surface area contributed by atoms with Gasteiger partial charge in [0.25, 0.3) is 0 Å². The molecule has 2 N–H and O–H groups in total. The number of nitrogens with one attached hydrogen (secondary N) is 2. The summed E-state index contributed by atoms with van der Waals surface area (Å²) in [5, 5.41) is 2.65. The molecule has 0 radical (unpaired) electrons. The number of carbonyl (C=O) groups is 3. The molecule has 41 heavy (non-hydrogen) atoms. The van der Waals surface area contributed by atoms with Gasteiger partial charge in [-0.25, -0.2) is 4.98 Å². The molecule has 11 heteroatoms. The number of esters is 1. The van der Waals surface area contributed by atoms with Crippen LogP contribution in [0.1, 0.15) is 57.7 Å². The van der Waals surface area contributed by atoms with Crippen LogP contribution in [0.5, 0.6) is 5.75 Å². The second kappa shape index (κ2) is 19.1. The quantitative estimate of drug-likeness (QED) is 0.302. The molecule has 228 valence electrons. The van der Waals surface area contributed by atoms with Crippen LogP contribution in [0.3, 0.4) is 0 Å². The average Bonchev–Trinajstić information content (AvgIpc) is 3.64. The SMILES string of the molecule is CCCSC.COc1ccccc1CN(CC(=O)NCC(=O)OC(C)C)CC1CCCN1C(=O)CCc1cnc[nH]1. The van der Waals surface area contributed by atoms with Crippen LogP contribution >= 0.6 is 11.8 Å². The van der Waals surface area contributed by atoms with E-state index in [4.69, 9.17) is 9.47 Å². The first kappa shape index (κ1) is 34.2. The van der Waals surface area contributed by atoms with Crippen molar-refractivity contribution in [2.24, 2.45) is 0 Å². The Morgan fingerprint density at radius 1 is 1.27 bits per heavy atom. The van der Waals surface area contributed by atoms with Crippen molar-refractivity contribution in [1.29, 1.82) is 0 Å². The lowest BCUT2D eigenvalue weighted by atomic mass is 10.1. The molecule has 2 aromatic rings. The van der Waals surface area contributed by atoms with E-state index in [-0.39, 0.29) is 37.0 Å². The Labute approximate surface area is 248 Å². The summed E-state index contributed by atoms with van der Waals surface area (Å²) in [6.45, 7) is 7.34. The Balaban J connectivity index is 0.00000108. The van der Waals surface area contributed by atoms with Gasteiger partial charge in [0.15, 0.2) is 0 Å². The van der Waals surface area contributed by atoms with Crippen molar-refractivity contribution < 1.29 is 23.9 Å². The molecule has 1 unspecified atom stereocenters. The van der Waals surface area contributed by atoms with Crippen LogP contribution < -0.4 is 10.1 Å². The monoisotopic (exact) mass is 589 g/mol. The van der Waals surface area contributed by atoms with E-state index in [9.17, 15) is 14.4 Å². The third-order valence-electron chi connectivity index (χ3n) is 6.49. The van der Waals surface area contributed by atoms with Crippen LogP contribution in [0.4, 0.5) is 0 Å². The number of ether oxygens (including phenoxy) is 2. The van der Waals surface area contributed by atoms with Gasteiger partial charge in [-0.2, -0.15) is 11.8 Å². The van der Waals surface area contributed by atoms with E-state index in [1.165, 1.54) is 12.2 Å². The Kier molecular flexibility index (Phi) is 15.9. The highest BCUT2D eigenvalue weighted by molar-refractivity contribution is 7.98. The van der Waals surface area contributed by atoms with Gasteiger partial charge in [-0.1, -0.05) is 25.1 Å². The predicted molar refractivity (Wildman–Crippen MR) is 163 cm³/mol. The Morgan fingerprint density at radius 3 is 2.68 bits per heavy atom. The van der Waals surface area contributed by atoms with Crippen molar-refractivity contribution in [3.8, 4) is 5.75 Å². The average molecular weight is 590 g/mol. The summed E-state index contributed by atoms with van der Waals surface area (Å²) in [5.41, 5.74) is 1.88. The van der Waals surface area contributed by atoms with Gasteiger partial charge in [-0.15, -0.1) is 0 Å². The number of nitrogens with zero attached hydrogens (tertiary/aromatic N) is 3. The summed E-state index contributed by atoms with van der Waals surface area (Å²) >= 11 is 1.90. The molecule has 10 nitrogen and oxygen atoms in total. The Bertz CT molecular complexity index is 1050. The molecule has 1 fully saturated rings. The van der Waals surface area contributed by atoms with Crippen molar-refractivity contribution in [2.45, 2.75) is 71.6 Å². The maximum atomic E-state index is 13.0. The van der Waals surface area contributed by atoms with E-state index >= 15 is 0 Å². The number of H-pyrrole nitrogens is 1. The molecule has 1 aliphatic heterocycles. The number of hydrogen-bond donors (Lipinski definition) is 2. The molecule has 0 spiro atoms. The maximum absolute atomic E-state index is 13.0.